The van der Waals surface area contributed by atoms with Crippen LogP contribution in [0.2, 0.25) is 0 Å². The normalized spacial score (nSPS) is 24.2. The van der Waals surface area contributed by atoms with Gasteiger partial charge in [-0.1, -0.05) is 12.1 Å². The van der Waals surface area contributed by atoms with Gasteiger partial charge in [-0.2, -0.15) is 0 Å². The van der Waals surface area contributed by atoms with Crippen molar-refractivity contribution in [3.63, 3.8) is 0 Å². The number of hydrogen-bond acceptors (Lipinski definition) is 3. The SMILES string of the molecule is CNC1CCOC(c2ccc(OC(C)C)cc2)C1. The summed E-state index contributed by atoms with van der Waals surface area (Å²) in [7, 11) is 2.02. The standard InChI is InChI=1S/C15H23NO2/c1-11(2)18-14-6-4-12(5-7-14)15-10-13(16-3)8-9-17-15/h4-7,11,13,15-16H,8-10H2,1-3H3. The van der Waals surface area contributed by atoms with Crippen molar-refractivity contribution in [2.24, 2.45) is 0 Å². The van der Waals surface area contributed by atoms with Crippen LogP contribution in [0, 0.1) is 0 Å². The van der Waals surface area contributed by atoms with Crippen molar-refractivity contribution >= 4 is 0 Å². The molecule has 0 amide bonds. The van der Waals surface area contributed by atoms with Crippen LogP contribution in [0.3, 0.4) is 0 Å². The summed E-state index contributed by atoms with van der Waals surface area (Å²) >= 11 is 0. The highest BCUT2D eigenvalue weighted by molar-refractivity contribution is 5.29. The van der Waals surface area contributed by atoms with Gasteiger partial charge in [0, 0.05) is 12.6 Å². The Morgan fingerprint density at radius 1 is 1.28 bits per heavy atom. The maximum absolute atomic E-state index is 5.84. The molecule has 1 aromatic carbocycles. The van der Waals surface area contributed by atoms with Crippen LogP contribution in [0.15, 0.2) is 24.3 Å². The zero-order valence-corrected chi connectivity index (χ0v) is 11.5. The smallest absolute Gasteiger partial charge is 0.119 e. The molecule has 1 heterocycles. The molecule has 100 valence electrons. The first kappa shape index (κ1) is 13.4. The van der Waals surface area contributed by atoms with E-state index in [9.17, 15) is 0 Å². The van der Waals surface area contributed by atoms with Gasteiger partial charge in [0.25, 0.3) is 0 Å². The first-order valence-corrected chi connectivity index (χ1v) is 6.74. The van der Waals surface area contributed by atoms with Gasteiger partial charge in [0.1, 0.15) is 5.75 Å². The van der Waals surface area contributed by atoms with Gasteiger partial charge in [0.15, 0.2) is 0 Å². The van der Waals surface area contributed by atoms with Gasteiger partial charge in [-0.15, -0.1) is 0 Å². The van der Waals surface area contributed by atoms with E-state index in [1.54, 1.807) is 0 Å². The van der Waals surface area contributed by atoms with Crippen LogP contribution in [0.5, 0.6) is 5.75 Å². The molecule has 0 radical (unpaired) electrons. The predicted molar refractivity (Wildman–Crippen MR) is 73.0 cm³/mol. The molecule has 2 rings (SSSR count). The minimum absolute atomic E-state index is 0.212. The Morgan fingerprint density at radius 3 is 2.61 bits per heavy atom. The number of nitrogens with one attached hydrogen (secondary N) is 1. The zero-order chi connectivity index (χ0) is 13.0. The lowest BCUT2D eigenvalue weighted by molar-refractivity contribution is 0.00152. The van der Waals surface area contributed by atoms with Gasteiger partial charge in [0.05, 0.1) is 12.2 Å². The first-order valence-electron chi connectivity index (χ1n) is 6.74. The Morgan fingerprint density at radius 2 is 2.00 bits per heavy atom. The fourth-order valence-corrected chi connectivity index (χ4v) is 2.32. The second kappa shape index (κ2) is 6.21. The molecule has 3 nitrogen and oxygen atoms in total. The molecule has 1 N–H and O–H groups in total. The third-order valence-electron chi connectivity index (χ3n) is 3.32. The van der Waals surface area contributed by atoms with Crippen LogP contribution >= 0.6 is 0 Å². The lowest BCUT2D eigenvalue weighted by Crippen LogP contribution is -2.33. The summed E-state index contributed by atoms with van der Waals surface area (Å²) in [6.07, 6.45) is 2.57. The van der Waals surface area contributed by atoms with Crippen molar-refractivity contribution in [1.29, 1.82) is 0 Å². The Hall–Kier alpha value is -1.06. The van der Waals surface area contributed by atoms with E-state index in [0.29, 0.717) is 6.04 Å². The minimum Gasteiger partial charge on any atom is -0.491 e. The average molecular weight is 249 g/mol. The molecular weight excluding hydrogens is 226 g/mol. The lowest BCUT2D eigenvalue weighted by Gasteiger charge is -2.29. The lowest BCUT2D eigenvalue weighted by atomic mass is 9.97. The fraction of sp³-hybridized carbons (Fsp3) is 0.600. The molecule has 1 fully saturated rings. The zero-order valence-electron chi connectivity index (χ0n) is 11.5. The summed E-state index contributed by atoms with van der Waals surface area (Å²) in [5.41, 5.74) is 1.24. The van der Waals surface area contributed by atoms with Crippen LogP contribution < -0.4 is 10.1 Å². The van der Waals surface area contributed by atoms with Crippen molar-refractivity contribution in [3.8, 4) is 5.75 Å². The highest BCUT2D eigenvalue weighted by Crippen LogP contribution is 2.29. The van der Waals surface area contributed by atoms with Crippen LogP contribution in [0.4, 0.5) is 0 Å². The molecule has 2 atom stereocenters. The molecular formula is C15H23NO2. The molecule has 3 heteroatoms. The van der Waals surface area contributed by atoms with E-state index < -0.39 is 0 Å². The topological polar surface area (TPSA) is 30.5 Å². The van der Waals surface area contributed by atoms with Gasteiger partial charge in [-0.3, -0.25) is 0 Å². The molecule has 1 aliphatic heterocycles. The Balaban J connectivity index is 2.00. The Kier molecular flexibility index (Phi) is 4.61. The Bertz CT molecular complexity index is 361. The van der Waals surface area contributed by atoms with E-state index in [4.69, 9.17) is 9.47 Å². The molecule has 0 spiro atoms. The summed E-state index contributed by atoms with van der Waals surface area (Å²) in [4.78, 5) is 0. The molecule has 1 saturated heterocycles. The number of ether oxygens (including phenoxy) is 2. The second-order valence-corrected chi connectivity index (χ2v) is 5.11. The van der Waals surface area contributed by atoms with Gasteiger partial charge in [0.2, 0.25) is 0 Å². The summed E-state index contributed by atoms with van der Waals surface area (Å²) in [6, 6.07) is 8.85. The molecule has 0 bridgehead atoms. The van der Waals surface area contributed by atoms with E-state index in [2.05, 4.69) is 17.4 Å². The van der Waals surface area contributed by atoms with E-state index in [1.165, 1.54) is 5.56 Å². The van der Waals surface area contributed by atoms with Crippen LogP contribution in [0.1, 0.15) is 38.4 Å². The van der Waals surface area contributed by atoms with Gasteiger partial charge in [-0.25, -0.2) is 0 Å². The molecule has 0 aliphatic carbocycles. The number of hydrogen-bond donors (Lipinski definition) is 1. The van der Waals surface area contributed by atoms with Crippen LogP contribution in [0.25, 0.3) is 0 Å². The molecule has 18 heavy (non-hydrogen) atoms. The third-order valence-corrected chi connectivity index (χ3v) is 3.32. The number of rotatable bonds is 4. The summed E-state index contributed by atoms with van der Waals surface area (Å²) < 4.78 is 11.5. The quantitative estimate of drug-likeness (QED) is 0.890. The minimum atomic E-state index is 0.212. The molecule has 1 aliphatic rings. The fourth-order valence-electron chi connectivity index (χ4n) is 2.32. The molecule has 1 aromatic rings. The molecule has 0 aromatic heterocycles. The van der Waals surface area contributed by atoms with Gasteiger partial charge < -0.3 is 14.8 Å². The largest absolute Gasteiger partial charge is 0.491 e. The Labute approximate surface area is 109 Å². The number of benzene rings is 1. The maximum atomic E-state index is 5.84. The summed E-state index contributed by atoms with van der Waals surface area (Å²) in [5, 5.41) is 3.34. The molecule has 0 saturated carbocycles. The van der Waals surface area contributed by atoms with Gasteiger partial charge >= 0.3 is 0 Å². The molecule has 2 unspecified atom stereocenters. The monoisotopic (exact) mass is 249 g/mol. The van der Waals surface area contributed by atoms with Gasteiger partial charge in [-0.05, 0) is 51.4 Å². The second-order valence-electron chi connectivity index (χ2n) is 5.11. The van der Waals surface area contributed by atoms with Crippen molar-refractivity contribution in [2.75, 3.05) is 13.7 Å². The van der Waals surface area contributed by atoms with E-state index in [1.807, 2.05) is 33.0 Å². The highest BCUT2D eigenvalue weighted by atomic mass is 16.5. The first-order chi connectivity index (χ1) is 8.69. The highest BCUT2D eigenvalue weighted by Gasteiger charge is 2.22. The van der Waals surface area contributed by atoms with Crippen molar-refractivity contribution in [1.82, 2.24) is 5.32 Å². The summed E-state index contributed by atoms with van der Waals surface area (Å²) in [5.74, 6) is 0.926. The maximum Gasteiger partial charge on any atom is 0.119 e. The van der Waals surface area contributed by atoms with Crippen molar-refractivity contribution in [2.45, 2.75) is 44.9 Å². The van der Waals surface area contributed by atoms with Crippen LogP contribution in [-0.2, 0) is 4.74 Å². The predicted octanol–water partition coefficient (Wildman–Crippen LogP) is 2.91. The van der Waals surface area contributed by atoms with E-state index >= 15 is 0 Å². The third kappa shape index (κ3) is 3.47. The van der Waals surface area contributed by atoms with Crippen molar-refractivity contribution in [3.05, 3.63) is 29.8 Å². The average Bonchev–Trinajstić information content (AvgIpc) is 2.39. The van der Waals surface area contributed by atoms with E-state index in [0.717, 1.165) is 25.2 Å². The van der Waals surface area contributed by atoms with Crippen LogP contribution in [-0.4, -0.2) is 25.8 Å². The van der Waals surface area contributed by atoms with Crippen molar-refractivity contribution < 1.29 is 9.47 Å². The summed E-state index contributed by atoms with van der Waals surface area (Å²) in [6.45, 7) is 4.91. The van der Waals surface area contributed by atoms with E-state index in [-0.39, 0.29) is 12.2 Å².